The van der Waals surface area contributed by atoms with E-state index in [1.165, 1.54) is 16.4 Å². The van der Waals surface area contributed by atoms with Crippen LogP contribution in [0.1, 0.15) is 43.1 Å². The summed E-state index contributed by atoms with van der Waals surface area (Å²) in [6, 6.07) is 7.78. The van der Waals surface area contributed by atoms with Gasteiger partial charge in [-0.25, -0.2) is 4.68 Å². The number of rotatable bonds is 6. The van der Waals surface area contributed by atoms with Gasteiger partial charge in [-0.1, -0.05) is 45.9 Å². The molecular weight excluding hydrogens is 378 g/mol. The van der Waals surface area contributed by atoms with E-state index in [1.807, 2.05) is 31.2 Å². The summed E-state index contributed by atoms with van der Waals surface area (Å²) in [6.07, 6.45) is 2.23. The molecule has 23 heavy (non-hydrogen) atoms. The molecule has 0 unspecified atom stereocenters. The number of hydrogen-bond donors (Lipinski definition) is 2. The molecule has 8 heteroatoms. The monoisotopic (exact) mass is 395 g/mol. The number of halogens is 1. The number of benzene rings is 1. The van der Waals surface area contributed by atoms with Gasteiger partial charge < -0.3 is 11.2 Å². The van der Waals surface area contributed by atoms with Crippen molar-refractivity contribution in [3.05, 3.63) is 40.1 Å². The molecule has 0 radical (unpaired) electrons. The zero-order valence-electron chi connectivity index (χ0n) is 12.7. The third-order valence-corrected chi connectivity index (χ3v) is 5.38. The standard InChI is InChI=1S/C15H18BrN5OS/c1-9(11-4-2-3-5-12(11)16)18-13(22)8-23-15-20-19-14(21(15)17)10-6-7-10/h2-5,9-10H,6-8,17H2,1H3,(H,18,22)/t9-/m0/s1. The number of carbonyl (C=O) groups excluding carboxylic acids is 1. The number of nitrogens with zero attached hydrogens (tertiary/aromatic N) is 3. The first-order valence-corrected chi connectivity index (χ1v) is 9.21. The summed E-state index contributed by atoms with van der Waals surface area (Å²) in [5.74, 6) is 7.42. The minimum atomic E-state index is -0.0727. The Balaban J connectivity index is 1.54. The number of nitrogen functional groups attached to an aromatic ring is 1. The van der Waals surface area contributed by atoms with Crippen molar-refractivity contribution >= 4 is 33.6 Å². The van der Waals surface area contributed by atoms with E-state index in [0.717, 1.165) is 28.7 Å². The van der Waals surface area contributed by atoms with Crippen molar-refractivity contribution in [2.24, 2.45) is 0 Å². The van der Waals surface area contributed by atoms with E-state index >= 15 is 0 Å². The van der Waals surface area contributed by atoms with Crippen molar-refractivity contribution in [2.45, 2.75) is 36.9 Å². The van der Waals surface area contributed by atoms with E-state index < -0.39 is 0 Å². The smallest absolute Gasteiger partial charge is 0.230 e. The van der Waals surface area contributed by atoms with Gasteiger partial charge in [0.2, 0.25) is 11.1 Å². The second kappa shape index (κ2) is 6.92. The summed E-state index contributed by atoms with van der Waals surface area (Å²) < 4.78 is 2.49. The molecule has 0 saturated heterocycles. The number of nitrogens with two attached hydrogens (primary N) is 1. The van der Waals surface area contributed by atoms with Gasteiger partial charge in [-0.15, -0.1) is 10.2 Å². The van der Waals surface area contributed by atoms with Gasteiger partial charge in [0.1, 0.15) is 0 Å². The molecule has 1 aliphatic carbocycles. The lowest BCUT2D eigenvalue weighted by atomic mass is 10.1. The molecular formula is C15H18BrN5OS. The Morgan fingerprint density at radius 1 is 1.48 bits per heavy atom. The van der Waals surface area contributed by atoms with Crippen molar-refractivity contribution < 1.29 is 4.79 Å². The molecule has 1 atom stereocenters. The highest BCUT2D eigenvalue weighted by molar-refractivity contribution is 9.10. The Labute approximate surface area is 147 Å². The molecule has 1 fully saturated rings. The third-order valence-electron chi connectivity index (χ3n) is 3.71. The van der Waals surface area contributed by atoms with E-state index in [2.05, 4.69) is 31.4 Å². The summed E-state index contributed by atoms with van der Waals surface area (Å²) in [6.45, 7) is 1.96. The zero-order chi connectivity index (χ0) is 16.4. The maximum absolute atomic E-state index is 12.1. The van der Waals surface area contributed by atoms with Gasteiger partial charge in [-0.3, -0.25) is 4.79 Å². The Hall–Kier alpha value is -1.54. The van der Waals surface area contributed by atoms with E-state index in [-0.39, 0.29) is 17.7 Å². The van der Waals surface area contributed by atoms with Gasteiger partial charge >= 0.3 is 0 Å². The molecule has 1 aromatic heterocycles. The first-order chi connectivity index (χ1) is 11.1. The van der Waals surface area contributed by atoms with Crippen LogP contribution in [0.3, 0.4) is 0 Å². The van der Waals surface area contributed by atoms with Crippen LogP contribution in [0.25, 0.3) is 0 Å². The summed E-state index contributed by atoms with van der Waals surface area (Å²) in [5.41, 5.74) is 1.05. The quantitative estimate of drug-likeness (QED) is 0.579. The van der Waals surface area contributed by atoms with E-state index in [9.17, 15) is 4.79 Å². The number of aromatic nitrogens is 3. The average molecular weight is 396 g/mol. The fourth-order valence-electron chi connectivity index (χ4n) is 2.32. The molecule has 0 spiro atoms. The Morgan fingerprint density at radius 3 is 2.91 bits per heavy atom. The molecule has 6 nitrogen and oxygen atoms in total. The molecule has 0 aliphatic heterocycles. The molecule has 0 bridgehead atoms. The normalized spacial score (nSPS) is 15.4. The van der Waals surface area contributed by atoms with Crippen molar-refractivity contribution in [3.63, 3.8) is 0 Å². The summed E-state index contributed by atoms with van der Waals surface area (Å²) >= 11 is 4.80. The van der Waals surface area contributed by atoms with Crippen molar-refractivity contribution in [3.8, 4) is 0 Å². The molecule has 1 aromatic carbocycles. The van der Waals surface area contributed by atoms with Gasteiger partial charge in [0.05, 0.1) is 11.8 Å². The Kier molecular flexibility index (Phi) is 4.91. The van der Waals surface area contributed by atoms with Gasteiger partial charge in [-0.2, -0.15) is 0 Å². The van der Waals surface area contributed by atoms with Crippen molar-refractivity contribution in [1.29, 1.82) is 0 Å². The molecule has 1 heterocycles. The van der Waals surface area contributed by atoms with Crippen molar-refractivity contribution in [2.75, 3.05) is 11.6 Å². The first-order valence-electron chi connectivity index (χ1n) is 7.43. The summed E-state index contributed by atoms with van der Waals surface area (Å²) in [4.78, 5) is 12.1. The minimum Gasteiger partial charge on any atom is -0.349 e. The first kappa shape index (κ1) is 16.3. The van der Waals surface area contributed by atoms with Crippen LogP contribution in [0, 0.1) is 0 Å². The lowest BCUT2D eigenvalue weighted by Gasteiger charge is -2.15. The van der Waals surface area contributed by atoms with Crippen LogP contribution in [0.15, 0.2) is 33.9 Å². The van der Waals surface area contributed by atoms with Crippen LogP contribution in [0.4, 0.5) is 0 Å². The maximum atomic E-state index is 12.1. The molecule has 122 valence electrons. The predicted molar refractivity (Wildman–Crippen MR) is 93.6 cm³/mol. The molecule has 1 saturated carbocycles. The molecule has 3 rings (SSSR count). The predicted octanol–water partition coefficient (Wildman–Crippen LogP) is 2.60. The van der Waals surface area contributed by atoms with Crippen LogP contribution < -0.4 is 11.2 Å². The van der Waals surface area contributed by atoms with Gasteiger partial charge in [0, 0.05) is 10.4 Å². The maximum Gasteiger partial charge on any atom is 0.230 e. The average Bonchev–Trinajstić information content (AvgIpc) is 3.29. The second-order valence-electron chi connectivity index (χ2n) is 5.58. The highest BCUT2D eigenvalue weighted by Crippen LogP contribution is 2.39. The molecule has 3 N–H and O–H groups in total. The number of thioether (sulfide) groups is 1. The molecule has 2 aromatic rings. The van der Waals surface area contributed by atoms with Gasteiger partial charge in [-0.05, 0) is 31.4 Å². The second-order valence-corrected chi connectivity index (χ2v) is 7.38. The zero-order valence-corrected chi connectivity index (χ0v) is 15.1. The SMILES string of the molecule is C[C@H](NC(=O)CSc1nnc(C2CC2)n1N)c1ccccc1Br. The van der Waals surface area contributed by atoms with E-state index in [4.69, 9.17) is 5.84 Å². The molecule has 1 amide bonds. The number of amides is 1. The topological polar surface area (TPSA) is 85.8 Å². The van der Waals surface area contributed by atoms with E-state index in [1.54, 1.807) is 0 Å². The lowest BCUT2D eigenvalue weighted by molar-refractivity contribution is -0.119. The number of carbonyl (C=O) groups is 1. The third kappa shape index (κ3) is 3.87. The largest absolute Gasteiger partial charge is 0.349 e. The Morgan fingerprint density at radius 2 is 2.22 bits per heavy atom. The van der Waals surface area contributed by atoms with Crippen LogP contribution in [-0.2, 0) is 4.79 Å². The van der Waals surface area contributed by atoms with Crippen LogP contribution in [0.2, 0.25) is 0 Å². The van der Waals surface area contributed by atoms with E-state index in [0.29, 0.717) is 11.1 Å². The fraction of sp³-hybridized carbons (Fsp3) is 0.400. The number of nitrogens with one attached hydrogen (secondary N) is 1. The Bertz CT molecular complexity index is 716. The van der Waals surface area contributed by atoms with Crippen molar-refractivity contribution in [1.82, 2.24) is 20.2 Å². The highest BCUT2D eigenvalue weighted by atomic mass is 79.9. The minimum absolute atomic E-state index is 0.0609. The van der Waals surface area contributed by atoms with Crippen LogP contribution in [0.5, 0.6) is 0 Å². The molecule has 1 aliphatic rings. The van der Waals surface area contributed by atoms with Gasteiger partial charge in [0.25, 0.3) is 0 Å². The van der Waals surface area contributed by atoms with Crippen LogP contribution >= 0.6 is 27.7 Å². The fourth-order valence-corrected chi connectivity index (χ4v) is 3.63. The lowest BCUT2D eigenvalue weighted by Crippen LogP contribution is -2.28. The highest BCUT2D eigenvalue weighted by Gasteiger charge is 2.30. The summed E-state index contributed by atoms with van der Waals surface area (Å²) in [7, 11) is 0. The number of hydrogen-bond acceptors (Lipinski definition) is 5. The van der Waals surface area contributed by atoms with Gasteiger partial charge in [0.15, 0.2) is 5.82 Å². The van der Waals surface area contributed by atoms with Crippen LogP contribution in [-0.4, -0.2) is 26.5 Å². The summed E-state index contributed by atoms with van der Waals surface area (Å²) in [5, 5.41) is 11.7.